The molecule has 106 valence electrons. The van der Waals surface area contributed by atoms with Gasteiger partial charge in [-0.1, -0.05) is 60.7 Å². The summed E-state index contributed by atoms with van der Waals surface area (Å²) in [5, 5.41) is 5.98. The Labute approximate surface area is 129 Å². The molecular weight excluding hydrogens is 280 g/mol. The fraction of sp³-hybridized carbons (Fsp3) is 0.176. The molecule has 0 fully saturated rings. The van der Waals surface area contributed by atoms with Crippen LogP contribution in [0.25, 0.3) is 0 Å². The third-order valence-corrected chi connectivity index (χ3v) is 4.44. The summed E-state index contributed by atoms with van der Waals surface area (Å²) in [4.78, 5) is 12.8. The van der Waals surface area contributed by atoms with E-state index >= 15 is 0 Å². The second-order valence-corrected chi connectivity index (χ2v) is 5.53. The number of fused-ring (bicyclic) bond motifs is 1. The van der Waals surface area contributed by atoms with Crippen LogP contribution in [0.3, 0.4) is 0 Å². The van der Waals surface area contributed by atoms with E-state index in [0.29, 0.717) is 11.4 Å². The van der Waals surface area contributed by atoms with E-state index in [4.69, 9.17) is 12.2 Å². The first-order chi connectivity index (χ1) is 10.2. The van der Waals surface area contributed by atoms with Gasteiger partial charge in [0.2, 0.25) is 5.91 Å². The van der Waals surface area contributed by atoms with E-state index in [1.807, 2.05) is 54.6 Å². The normalized spacial score (nSPS) is 19.8. The maximum atomic E-state index is 12.1. The van der Waals surface area contributed by atoms with E-state index in [1.165, 1.54) is 0 Å². The van der Waals surface area contributed by atoms with E-state index in [2.05, 4.69) is 10.6 Å². The summed E-state index contributed by atoms with van der Waals surface area (Å²) in [6.45, 7) is 0. The minimum absolute atomic E-state index is 0.0280. The lowest BCUT2D eigenvalue weighted by Crippen LogP contribution is -2.39. The number of benzene rings is 2. The molecule has 1 aliphatic heterocycles. The standard InChI is InChI=1S/C17H16N2OS/c1-18-15(20)11-17(12-7-3-2-4-8-12)13-9-5-6-10-14(13)19-16(17)21/h2-10H,11H2,1H3,(H,18,20)(H,19,21). The number of hydrogen-bond acceptors (Lipinski definition) is 2. The maximum absolute atomic E-state index is 12.1. The maximum Gasteiger partial charge on any atom is 0.221 e. The van der Waals surface area contributed by atoms with Gasteiger partial charge in [-0.25, -0.2) is 0 Å². The molecule has 1 unspecified atom stereocenters. The molecule has 0 bridgehead atoms. The minimum Gasteiger partial charge on any atom is -0.359 e. The van der Waals surface area contributed by atoms with Crippen LogP contribution in [0, 0.1) is 0 Å². The zero-order valence-corrected chi connectivity index (χ0v) is 12.5. The largest absolute Gasteiger partial charge is 0.359 e. The number of nitrogens with one attached hydrogen (secondary N) is 2. The molecule has 0 spiro atoms. The van der Waals surface area contributed by atoms with Gasteiger partial charge in [0.25, 0.3) is 0 Å². The molecule has 1 heterocycles. The molecule has 2 aromatic carbocycles. The smallest absolute Gasteiger partial charge is 0.221 e. The van der Waals surface area contributed by atoms with Gasteiger partial charge in [-0.05, 0) is 17.2 Å². The molecule has 0 aliphatic carbocycles. The highest BCUT2D eigenvalue weighted by Gasteiger charge is 2.46. The number of amides is 1. The third-order valence-electron chi connectivity index (χ3n) is 3.99. The number of para-hydroxylation sites is 1. The molecule has 21 heavy (non-hydrogen) atoms. The lowest BCUT2D eigenvalue weighted by atomic mass is 9.73. The topological polar surface area (TPSA) is 41.1 Å². The van der Waals surface area contributed by atoms with Gasteiger partial charge in [-0.2, -0.15) is 0 Å². The van der Waals surface area contributed by atoms with Crippen LogP contribution in [0.1, 0.15) is 17.5 Å². The monoisotopic (exact) mass is 296 g/mol. The molecule has 0 radical (unpaired) electrons. The Morgan fingerprint density at radius 1 is 1.14 bits per heavy atom. The average Bonchev–Trinajstić information content (AvgIpc) is 2.81. The second kappa shape index (κ2) is 5.30. The number of carbonyl (C=O) groups excluding carboxylic acids is 1. The van der Waals surface area contributed by atoms with Crippen LogP contribution in [-0.2, 0) is 10.2 Å². The van der Waals surface area contributed by atoms with E-state index in [1.54, 1.807) is 7.05 Å². The quantitative estimate of drug-likeness (QED) is 0.856. The van der Waals surface area contributed by atoms with Crippen molar-refractivity contribution in [2.24, 2.45) is 0 Å². The molecule has 3 rings (SSSR count). The van der Waals surface area contributed by atoms with Crippen molar-refractivity contribution in [2.45, 2.75) is 11.8 Å². The third kappa shape index (κ3) is 2.12. The molecule has 3 nitrogen and oxygen atoms in total. The summed E-state index contributed by atoms with van der Waals surface area (Å²) >= 11 is 5.61. The molecule has 0 saturated carbocycles. The molecule has 0 saturated heterocycles. The number of anilines is 1. The lowest BCUT2D eigenvalue weighted by Gasteiger charge is -2.29. The highest BCUT2D eigenvalue weighted by atomic mass is 32.1. The molecule has 2 N–H and O–H groups in total. The molecular formula is C17H16N2OS. The predicted molar refractivity (Wildman–Crippen MR) is 88.6 cm³/mol. The number of thiocarbonyl (C=S) groups is 1. The van der Waals surface area contributed by atoms with Crippen molar-refractivity contribution >= 4 is 28.8 Å². The number of rotatable bonds is 3. The molecule has 1 atom stereocenters. The van der Waals surface area contributed by atoms with Crippen molar-refractivity contribution in [1.82, 2.24) is 5.32 Å². The summed E-state index contributed by atoms with van der Waals surface area (Å²) < 4.78 is 0. The molecule has 1 aliphatic rings. The first kappa shape index (κ1) is 13.8. The van der Waals surface area contributed by atoms with Gasteiger partial charge in [-0.15, -0.1) is 0 Å². The van der Waals surface area contributed by atoms with Crippen molar-refractivity contribution in [3.63, 3.8) is 0 Å². The summed E-state index contributed by atoms with van der Waals surface area (Å²) in [6.07, 6.45) is 0.302. The molecule has 1 amide bonds. The van der Waals surface area contributed by atoms with Crippen LogP contribution < -0.4 is 10.6 Å². The Bertz CT molecular complexity index is 699. The Balaban J connectivity index is 2.22. The van der Waals surface area contributed by atoms with Crippen molar-refractivity contribution in [3.05, 3.63) is 65.7 Å². The molecule has 4 heteroatoms. The van der Waals surface area contributed by atoms with Gasteiger partial charge in [-0.3, -0.25) is 4.79 Å². The summed E-state index contributed by atoms with van der Waals surface area (Å²) in [5.74, 6) is -0.0280. The van der Waals surface area contributed by atoms with Crippen LogP contribution in [0.2, 0.25) is 0 Å². The number of carbonyl (C=O) groups is 1. The zero-order chi connectivity index (χ0) is 14.9. The Morgan fingerprint density at radius 2 is 1.81 bits per heavy atom. The van der Waals surface area contributed by atoms with Crippen LogP contribution in [0.5, 0.6) is 0 Å². The van der Waals surface area contributed by atoms with E-state index in [0.717, 1.165) is 16.8 Å². The first-order valence-electron chi connectivity index (χ1n) is 6.85. The Kier molecular flexibility index (Phi) is 3.47. The van der Waals surface area contributed by atoms with Gasteiger partial charge in [0.1, 0.15) is 0 Å². The summed E-state index contributed by atoms with van der Waals surface area (Å²) in [7, 11) is 1.65. The van der Waals surface area contributed by atoms with Crippen LogP contribution in [0.4, 0.5) is 5.69 Å². The lowest BCUT2D eigenvalue weighted by molar-refractivity contribution is -0.121. The fourth-order valence-electron chi connectivity index (χ4n) is 2.93. The zero-order valence-electron chi connectivity index (χ0n) is 11.7. The minimum atomic E-state index is -0.590. The Hall–Kier alpha value is -2.20. The van der Waals surface area contributed by atoms with Gasteiger partial charge in [0.15, 0.2) is 0 Å². The van der Waals surface area contributed by atoms with Gasteiger partial charge >= 0.3 is 0 Å². The van der Waals surface area contributed by atoms with Crippen LogP contribution >= 0.6 is 12.2 Å². The highest BCUT2D eigenvalue weighted by Crippen LogP contribution is 2.45. The molecule has 2 aromatic rings. The van der Waals surface area contributed by atoms with Crippen molar-refractivity contribution < 1.29 is 4.79 Å². The van der Waals surface area contributed by atoms with E-state index in [-0.39, 0.29) is 5.91 Å². The Morgan fingerprint density at radius 3 is 2.52 bits per heavy atom. The number of hydrogen-bond donors (Lipinski definition) is 2. The fourth-order valence-corrected chi connectivity index (χ4v) is 3.34. The predicted octanol–water partition coefficient (Wildman–Crippen LogP) is 2.86. The first-order valence-corrected chi connectivity index (χ1v) is 7.26. The summed E-state index contributed by atoms with van der Waals surface area (Å²) in [5.41, 5.74) is 2.49. The van der Waals surface area contributed by atoms with Crippen LogP contribution in [0.15, 0.2) is 54.6 Å². The summed E-state index contributed by atoms with van der Waals surface area (Å²) in [6, 6.07) is 18.0. The average molecular weight is 296 g/mol. The van der Waals surface area contributed by atoms with Gasteiger partial charge in [0.05, 0.1) is 10.4 Å². The van der Waals surface area contributed by atoms with Gasteiger partial charge in [0, 0.05) is 19.2 Å². The van der Waals surface area contributed by atoms with Crippen molar-refractivity contribution in [1.29, 1.82) is 0 Å². The molecule has 0 aromatic heterocycles. The van der Waals surface area contributed by atoms with Crippen molar-refractivity contribution in [3.8, 4) is 0 Å². The van der Waals surface area contributed by atoms with Crippen molar-refractivity contribution in [2.75, 3.05) is 12.4 Å². The van der Waals surface area contributed by atoms with E-state index in [9.17, 15) is 4.79 Å². The van der Waals surface area contributed by atoms with E-state index < -0.39 is 5.41 Å². The highest BCUT2D eigenvalue weighted by molar-refractivity contribution is 7.80. The second-order valence-electron chi connectivity index (χ2n) is 5.12. The van der Waals surface area contributed by atoms with Gasteiger partial charge < -0.3 is 10.6 Å². The SMILES string of the molecule is CNC(=O)CC1(c2ccccc2)C(=S)Nc2ccccc21. The van der Waals surface area contributed by atoms with Crippen LogP contribution in [-0.4, -0.2) is 17.9 Å².